The fraction of sp³-hybridized carbons (Fsp3) is 0.190. The molecule has 0 aliphatic rings. The van der Waals surface area contributed by atoms with Gasteiger partial charge in [0.25, 0.3) is 0 Å². The predicted molar refractivity (Wildman–Crippen MR) is 98.9 cm³/mol. The molecule has 0 saturated heterocycles. The summed E-state index contributed by atoms with van der Waals surface area (Å²) in [7, 11) is 0. The first-order chi connectivity index (χ1) is 12.5. The molecule has 1 N–H and O–H groups in total. The molecule has 5 heteroatoms. The highest BCUT2D eigenvalue weighted by molar-refractivity contribution is 5.96. The number of fused-ring (bicyclic) bond motifs is 1. The second-order valence-corrected chi connectivity index (χ2v) is 6.08. The summed E-state index contributed by atoms with van der Waals surface area (Å²) in [5.74, 6) is -0.965. The van der Waals surface area contributed by atoms with E-state index in [4.69, 9.17) is 4.74 Å². The number of ether oxygens (including phenoxy) is 1. The maximum atomic E-state index is 12.1. The number of hydrogen-bond donors (Lipinski definition) is 1. The molecule has 1 heterocycles. The van der Waals surface area contributed by atoms with E-state index in [1.54, 1.807) is 18.2 Å². The lowest BCUT2D eigenvalue weighted by molar-refractivity contribution is 0.0690. The van der Waals surface area contributed by atoms with E-state index in [0.29, 0.717) is 23.9 Å². The Labute approximate surface area is 151 Å². The number of carboxylic acids is 1. The number of pyridine rings is 1. The number of aryl methyl sites for hydroxylation is 1. The third-order valence-electron chi connectivity index (χ3n) is 4.05. The number of carbonyl (C=O) groups excluding carboxylic acids is 1. The van der Waals surface area contributed by atoms with Gasteiger partial charge in [-0.25, -0.2) is 9.78 Å². The highest BCUT2D eigenvalue weighted by Gasteiger charge is 2.15. The van der Waals surface area contributed by atoms with Gasteiger partial charge in [-0.3, -0.25) is 4.79 Å². The van der Waals surface area contributed by atoms with Gasteiger partial charge in [0.1, 0.15) is 5.56 Å². The number of carbonyl (C=O) groups is 2. The first kappa shape index (κ1) is 17.6. The third-order valence-corrected chi connectivity index (χ3v) is 4.05. The second kappa shape index (κ2) is 7.78. The van der Waals surface area contributed by atoms with Gasteiger partial charge in [0.05, 0.1) is 12.1 Å². The normalized spacial score (nSPS) is 10.7. The molecule has 26 heavy (non-hydrogen) atoms. The molecule has 0 atom stereocenters. The average Bonchev–Trinajstić information content (AvgIpc) is 2.64. The topological polar surface area (TPSA) is 76.5 Å². The lowest BCUT2D eigenvalue weighted by Crippen LogP contribution is -2.08. The van der Waals surface area contributed by atoms with E-state index in [9.17, 15) is 14.7 Å². The lowest BCUT2D eigenvalue weighted by atomic mass is 10.1. The van der Waals surface area contributed by atoms with Gasteiger partial charge in [-0.05, 0) is 31.0 Å². The maximum absolute atomic E-state index is 12.1. The summed E-state index contributed by atoms with van der Waals surface area (Å²) in [5.41, 5.74) is 2.41. The Bertz CT molecular complexity index is 951. The number of Topliss-reactive ketones (excluding diaryl/α,β-unsaturated/α-hetero) is 1. The first-order valence-electron chi connectivity index (χ1n) is 8.40. The van der Waals surface area contributed by atoms with Crippen LogP contribution in [0.2, 0.25) is 0 Å². The Morgan fingerprint density at radius 1 is 1.08 bits per heavy atom. The number of ketones is 1. The quantitative estimate of drug-likeness (QED) is 0.509. The lowest BCUT2D eigenvalue weighted by Gasteiger charge is -2.10. The predicted octanol–water partition coefficient (Wildman–Crippen LogP) is 4.28. The summed E-state index contributed by atoms with van der Waals surface area (Å²) in [6.45, 7) is 2.17. The van der Waals surface area contributed by atoms with Gasteiger partial charge in [0, 0.05) is 17.4 Å². The minimum Gasteiger partial charge on any atom is -0.477 e. The number of aromatic nitrogens is 1. The van der Waals surface area contributed by atoms with Crippen LogP contribution in [0.4, 0.5) is 0 Å². The fourth-order valence-corrected chi connectivity index (χ4v) is 2.69. The highest BCUT2D eigenvalue weighted by Crippen LogP contribution is 2.23. The zero-order chi connectivity index (χ0) is 18.5. The summed E-state index contributed by atoms with van der Waals surface area (Å²) >= 11 is 0. The molecular weight excluding hydrogens is 330 g/mol. The summed E-state index contributed by atoms with van der Waals surface area (Å²) in [6, 6.07) is 16.3. The first-order valence-corrected chi connectivity index (χ1v) is 8.40. The molecule has 0 aliphatic heterocycles. The second-order valence-electron chi connectivity index (χ2n) is 6.08. The van der Waals surface area contributed by atoms with Crippen LogP contribution in [0.1, 0.15) is 39.1 Å². The van der Waals surface area contributed by atoms with Crippen LogP contribution in [-0.2, 0) is 0 Å². The summed E-state index contributed by atoms with van der Waals surface area (Å²) in [4.78, 5) is 27.9. The maximum Gasteiger partial charge on any atom is 0.341 e. The van der Waals surface area contributed by atoms with Gasteiger partial charge in [0.15, 0.2) is 5.78 Å². The van der Waals surface area contributed by atoms with E-state index in [1.807, 2.05) is 43.3 Å². The molecule has 0 bridgehead atoms. The van der Waals surface area contributed by atoms with E-state index in [-0.39, 0.29) is 23.8 Å². The molecule has 132 valence electrons. The fourth-order valence-electron chi connectivity index (χ4n) is 2.69. The van der Waals surface area contributed by atoms with Crippen LogP contribution >= 0.6 is 0 Å². The van der Waals surface area contributed by atoms with Crippen LogP contribution in [-0.4, -0.2) is 28.4 Å². The molecular formula is C21H19NO4. The Morgan fingerprint density at radius 3 is 2.58 bits per heavy atom. The van der Waals surface area contributed by atoms with E-state index in [0.717, 1.165) is 10.9 Å². The van der Waals surface area contributed by atoms with Crippen LogP contribution in [0, 0.1) is 6.92 Å². The van der Waals surface area contributed by atoms with Crippen molar-refractivity contribution < 1.29 is 19.4 Å². The van der Waals surface area contributed by atoms with Crippen LogP contribution in [0.5, 0.6) is 5.88 Å². The molecule has 2 aromatic carbocycles. The van der Waals surface area contributed by atoms with Crippen LogP contribution < -0.4 is 4.74 Å². The van der Waals surface area contributed by atoms with Gasteiger partial charge >= 0.3 is 5.97 Å². The molecule has 0 aliphatic carbocycles. The number of rotatable bonds is 7. The van der Waals surface area contributed by atoms with Gasteiger partial charge in [-0.2, -0.15) is 0 Å². The van der Waals surface area contributed by atoms with E-state index in [1.165, 1.54) is 0 Å². The van der Waals surface area contributed by atoms with Crippen LogP contribution in [0.15, 0.2) is 54.6 Å². The van der Waals surface area contributed by atoms with E-state index in [2.05, 4.69) is 4.98 Å². The van der Waals surface area contributed by atoms with Crippen molar-refractivity contribution in [3.05, 3.63) is 71.3 Å². The van der Waals surface area contributed by atoms with Crippen molar-refractivity contribution in [3.63, 3.8) is 0 Å². The van der Waals surface area contributed by atoms with Gasteiger partial charge in [-0.15, -0.1) is 0 Å². The monoisotopic (exact) mass is 349 g/mol. The zero-order valence-electron chi connectivity index (χ0n) is 14.4. The molecule has 5 nitrogen and oxygen atoms in total. The zero-order valence-corrected chi connectivity index (χ0v) is 14.4. The molecule has 0 spiro atoms. The summed E-state index contributed by atoms with van der Waals surface area (Å²) < 4.78 is 5.59. The van der Waals surface area contributed by atoms with Crippen LogP contribution in [0.3, 0.4) is 0 Å². The average molecular weight is 349 g/mol. The van der Waals surface area contributed by atoms with E-state index < -0.39 is 5.97 Å². The standard InChI is InChI=1S/C21H19NO4/c1-14-9-10-16-13-17(21(24)25)20(22-18(16)12-14)26-11-5-8-19(23)15-6-3-2-4-7-15/h2-4,6-7,9-10,12-13H,5,8,11H2,1H3,(H,24,25). The molecule has 0 saturated carbocycles. The number of benzene rings is 2. The van der Waals surface area contributed by atoms with Crippen molar-refractivity contribution in [2.45, 2.75) is 19.8 Å². The minimum atomic E-state index is -1.09. The van der Waals surface area contributed by atoms with E-state index >= 15 is 0 Å². The largest absolute Gasteiger partial charge is 0.477 e. The number of carboxylic acid groups (broad SMARTS) is 1. The van der Waals surface area contributed by atoms with Crippen molar-refractivity contribution in [2.24, 2.45) is 0 Å². The van der Waals surface area contributed by atoms with Gasteiger partial charge in [-0.1, -0.05) is 42.5 Å². The van der Waals surface area contributed by atoms with Crippen molar-refractivity contribution in [2.75, 3.05) is 6.61 Å². The van der Waals surface area contributed by atoms with Crippen molar-refractivity contribution in [1.29, 1.82) is 0 Å². The summed E-state index contributed by atoms with van der Waals surface area (Å²) in [5, 5.41) is 10.1. The number of nitrogens with zero attached hydrogens (tertiary/aromatic N) is 1. The smallest absolute Gasteiger partial charge is 0.341 e. The number of aromatic carboxylic acids is 1. The van der Waals surface area contributed by atoms with Gasteiger partial charge in [0.2, 0.25) is 5.88 Å². The molecule has 3 rings (SSSR count). The third kappa shape index (κ3) is 4.06. The summed E-state index contributed by atoms with van der Waals surface area (Å²) in [6.07, 6.45) is 0.819. The van der Waals surface area contributed by atoms with Crippen molar-refractivity contribution in [3.8, 4) is 5.88 Å². The Morgan fingerprint density at radius 2 is 1.85 bits per heavy atom. The molecule has 0 amide bonds. The Kier molecular flexibility index (Phi) is 5.27. The van der Waals surface area contributed by atoms with Crippen LogP contribution in [0.25, 0.3) is 10.9 Å². The molecule has 0 unspecified atom stereocenters. The minimum absolute atomic E-state index is 0.0238. The molecule has 3 aromatic rings. The number of hydrogen-bond acceptors (Lipinski definition) is 4. The SMILES string of the molecule is Cc1ccc2cc(C(=O)O)c(OCCCC(=O)c3ccccc3)nc2c1. The van der Waals surface area contributed by atoms with Crippen molar-refractivity contribution in [1.82, 2.24) is 4.98 Å². The highest BCUT2D eigenvalue weighted by atomic mass is 16.5. The Hall–Kier alpha value is -3.21. The molecule has 0 radical (unpaired) electrons. The molecule has 0 fully saturated rings. The molecule has 1 aromatic heterocycles. The van der Waals surface area contributed by atoms with Crippen molar-refractivity contribution >= 4 is 22.7 Å². The van der Waals surface area contributed by atoms with Gasteiger partial charge < -0.3 is 9.84 Å². The Balaban J connectivity index is 1.68.